The molecule has 0 unspecified atom stereocenters. The fourth-order valence-corrected chi connectivity index (χ4v) is 6.81. The molecule has 1 fully saturated rings. The number of rotatable bonds is 15. The molecule has 16 nitrogen and oxygen atoms in total. The normalized spacial score (nSPS) is 13.6. The van der Waals surface area contributed by atoms with E-state index >= 15 is 0 Å². The van der Waals surface area contributed by atoms with Gasteiger partial charge in [0.25, 0.3) is 0 Å². The van der Waals surface area contributed by atoms with Gasteiger partial charge in [-0.25, -0.2) is 24.0 Å². The number of methoxy groups -OCH3 is 3. The van der Waals surface area contributed by atoms with Crippen molar-refractivity contribution >= 4 is 64.6 Å². The lowest BCUT2D eigenvalue weighted by atomic mass is 10.2. The van der Waals surface area contributed by atoms with Crippen LogP contribution in [0, 0.1) is 0 Å². The molecule has 0 aliphatic carbocycles. The van der Waals surface area contributed by atoms with Gasteiger partial charge in [-0.05, 0) is 55.4 Å². The first-order valence-electron chi connectivity index (χ1n) is 17.3. The Kier molecular flexibility index (Phi) is 18.7. The second kappa shape index (κ2) is 23.3. The quantitative estimate of drug-likeness (QED) is 0.114. The third kappa shape index (κ3) is 15.0. The van der Waals surface area contributed by atoms with Crippen molar-refractivity contribution in [3.63, 3.8) is 0 Å². The number of para-hydroxylation sites is 1. The van der Waals surface area contributed by atoms with Gasteiger partial charge in [0.15, 0.2) is 11.5 Å². The fourth-order valence-electron chi connectivity index (χ4n) is 5.57. The van der Waals surface area contributed by atoms with E-state index in [9.17, 15) is 24.0 Å². The van der Waals surface area contributed by atoms with Gasteiger partial charge in [-0.1, -0.05) is 35.5 Å². The van der Waals surface area contributed by atoms with E-state index < -0.39 is 29.8 Å². The first-order chi connectivity index (χ1) is 27.3. The molecule has 0 amide bonds. The van der Waals surface area contributed by atoms with Crippen molar-refractivity contribution in [2.75, 3.05) is 78.6 Å². The molecule has 2 heterocycles. The lowest BCUT2D eigenvalue weighted by Gasteiger charge is -2.36. The van der Waals surface area contributed by atoms with Crippen LogP contribution in [0.4, 0.5) is 11.4 Å². The molecule has 0 radical (unpaired) electrons. The molecule has 2 aliphatic heterocycles. The number of ether oxygens (including phenoxy) is 4. The van der Waals surface area contributed by atoms with Gasteiger partial charge in [0.1, 0.15) is 6.61 Å². The van der Waals surface area contributed by atoms with Gasteiger partial charge in [0, 0.05) is 78.4 Å². The number of hydrogen-bond acceptors (Lipinski definition) is 13. The zero-order chi connectivity index (χ0) is 41.9. The average molecular weight is 830 g/mol. The van der Waals surface area contributed by atoms with E-state index in [4.69, 9.17) is 51.0 Å². The van der Waals surface area contributed by atoms with Gasteiger partial charge in [0.2, 0.25) is 5.75 Å². The maximum absolute atomic E-state index is 12.7. The van der Waals surface area contributed by atoms with E-state index in [-0.39, 0.29) is 0 Å². The van der Waals surface area contributed by atoms with Gasteiger partial charge in [-0.2, -0.15) is 0 Å². The number of nitrogens with zero attached hydrogens (tertiary/aromatic N) is 3. The Bertz CT molecular complexity index is 1840. The van der Waals surface area contributed by atoms with Crippen LogP contribution in [-0.2, 0) is 23.9 Å². The van der Waals surface area contributed by atoms with Crippen LogP contribution in [0.1, 0.15) is 16.8 Å². The first kappa shape index (κ1) is 45.6. The van der Waals surface area contributed by atoms with Crippen LogP contribution in [-0.4, -0.2) is 134 Å². The molecule has 0 bridgehead atoms. The molecule has 5 rings (SSSR count). The number of benzene rings is 3. The maximum Gasteiger partial charge on any atom is 0.338 e. The van der Waals surface area contributed by atoms with Gasteiger partial charge >= 0.3 is 29.8 Å². The van der Waals surface area contributed by atoms with Crippen molar-refractivity contribution in [3.05, 3.63) is 89.5 Å². The molecule has 57 heavy (non-hydrogen) atoms. The minimum absolute atomic E-state index is 0.323. The Balaban J connectivity index is 0.000000457. The molecule has 1 saturated heterocycles. The second-order valence-corrected chi connectivity index (χ2v) is 13.5. The van der Waals surface area contributed by atoms with E-state index in [1.54, 1.807) is 23.9 Å². The summed E-state index contributed by atoms with van der Waals surface area (Å²) in [5.41, 5.74) is 2.80. The first-order valence-corrected chi connectivity index (χ1v) is 18.5. The zero-order valence-electron chi connectivity index (χ0n) is 31.5. The van der Waals surface area contributed by atoms with Crippen LogP contribution in [0.5, 0.6) is 17.2 Å². The molecule has 0 spiro atoms. The highest BCUT2D eigenvalue weighted by molar-refractivity contribution is 7.99. The van der Waals surface area contributed by atoms with Crippen LogP contribution in [0.3, 0.4) is 0 Å². The molecule has 18 heteroatoms. The van der Waals surface area contributed by atoms with E-state index in [1.807, 2.05) is 6.07 Å². The van der Waals surface area contributed by atoms with Crippen molar-refractivity contribution in [3.8, 4) is 17.2 Å². The Morgan fingerprint density at radius 3 is 1.68 bits per heavy atom. The van der Waals surface area contributed by atoms with Crippen LogP contribution in [0.2, 0.25) is 5.02 Å². The molecular weight excluding hydrogens is 786 g/mol. The number of aliphatic carboxylic acids is 4. The van der Waals surface area contributed by atoms with Gasteiger partial charge in [-0.3, -0.25) is 4.90 Å². The Morgan fingerprint density at radius 1 is 0.667 bits per heavy atom. The highest BCUT2D eigenvalue weighted by Gasteiger charge is 2.24. The molecular formula is C39H44ClN3O13S. The lowest BCUT2D eigenvalue weighted by Crippen LogP contribution is -2.47. The monoisotopic (exact) mass is 829 g/mol. The van der Waals surface area contributed by atoms with Crippen molar-refractivity contribution in [2.24, 2.45) is 0 Å². The van der Waals surface area contributed by atoms with Gasteiger partial charge in [-0.15, -0.1) is 0 Å². The van der Waals surface area contributed by atoms with Crippen LogP contribution >= 0.6 is 23.4 Å². The minimum Gasteiger partial charge on any atom is -0.493 e. The topological polar surface area (TPSA) is 213 Å². The summed E-state index contributed by atoms with van der Waals surface area (Å²) in [6.07, 6.45) is 3.28. The average Bonchev–Trinajstić information content (AvgIpc) is 3.19. The molecule has 0 aromatic heterocycles. The third-order valence-corrected chi connectivity index (χ3v) is 9.55. The molecule has 3 aromatic carbocycles. The summed E-state index contributed by atoms with van der Waals surface area (Å²) in [4.78, 5) is 60.7. The lowest BCUT2D eigenvalue weighted by molar-refractivity contribution is -0.134. The highest BCUT2D eigenvalue weighted by Crippen LogP contribution is 2.48. The van der Waals surface area contributed by atoms with E-state index in [0.717, 1.165) is 50.7 Å². The number of carboxylic acids is 4. The summed E-state index contributed by atoms with van der Waals surface area (Å²) in [5, 5.41) is 32.0. The second-order valence-electron chi connectivity index (χ2n) is 11.9. The Hall–Kier alpha value is -5.75. The number of piperazine rings is 1. The largest absolute Gasteiger partial charge is 0.493 e. The smallest absolute Gasteiger partial charge is 0.338 e. The molecule has 4 N–H and O–H groups in total. The fraction of sp³-hybridized carbons (Fsp3) is 0.308. The number of carboxylic acid groups (broad SMARTS) is 4. The summed E-state index contributed by atoms with van der Waals surface area (Å²) in [5.74, 6) is -4.15. The van der Waals surface area contributed by atoms with Crippen molar-refractivity contribution < 1.29 is 63.3 Å². The summed E-state index contributed by atoms with van der Waals surface area (Å²) < 4.78 is 21.6. The Labute approximate surface area is 338 Å². The molecule has 0 saturated carbocycles. The third-order valence-electron chi connectivity index (χ3n) is 8.19. The van der Waals surface area contributed by atoms with Crippen molar-refractivity contribution in [2.45, 2.75) is 16.2 Å². The van der Waals surface area contributed by atoms with Crippen molar-refractivity contribution in [1.29, 1.82) is 0 Å². The minimum atomic E-state index is -1.26. The molecule has 3 aromatic rings. The predicted octanol–water partition coefficient (Wildman–Crippen LogP) is 5.26. The Morgan fingerprint density at radius 2 is 1.18 bits per heavy atom. The summed E-state index contributed by atoms with van der Waals surface area (Å²) in [6.45, 7) is 6.87. The summed E-state index contributed by atoms with van der Waals surface area (Å²) >= 11 is 8.17. The summed E-state index contributed by atoms with van der Waals surface area (Å²) in [6, 6.07) is 18.0. The highest BCUT2D eigenvalue weighted by atomic mass is 35.5. The number of esters is 1. The number of fused-ring (bicyclic) bond motifs is 2. The summed E-state index contributed by atoms with van der Waals surface area (Å²) in [7, 11) is 4.57. The number of anilines is 2. The number of carbonyl (C=O) groups is 5. The van der Waals surface area contributed by atoms with Crippen LogP contribution in [0.25, 0.3) is 0 Å². The van der Waals surface area contributed by atoms with Crippen LogP contribution in [0.15, 0.2) is 88.7 Å². The van der Waals surface area contributed by atoms with Gasteiger partial charge < -0.3 is 49.2 Å². The van der Waals surface area contributed by atoms with Crippen LogP contribution < -0.4 is 19.1 Å². The molecule has 0 atom stereocenters. The van der Waals surface area contributed by atoms with Gasteiger partial charge in [0.05, 0.1) is 38.3 Å². The number of hydrogen-bond donors (Lipinski definition) is 4. The van der Waals surface area contributed by atoms with Crippen molar-refractivity contribution in [1.82, 2.24) is 9.80 Å². The maximum atomic E-state index is 12.7. The molecule has 306 valence electrons. The number of carbonyl (C=O) groups excluding carboxylic acids is 1. The van der Waals surface area contributed by atoms with E-state index in [2.05, 4.69) is 51.1 Å². The number of halogens is 1. The standard InChI is InChI=1S/C31H36ClN3O5S.2C4H4O4/c1-37-26-19-22(20-27(38-2)30(26)39-3)31(36)40-18-17-34-15-13-33(14-16-34)11-6-12-35-24-7-4-5-8-28(24)41-29-10-9-23(32)21-25(29)35;2*5-3(6)1-2-4(7)8/h4-5,7-10,19-21H,6,11-18H2,1-3H3;2*1-2H,(H,5,6)(H,7,8)/b;2*2-1+. The predicted molar refractivity (Wildman–Crippen MR) is 212 cm³/mol. The van der Waals surface area contributed by atoms with E-state index in [0.29, 0.717) is 60.3 Å². The van der Waals surface area contributed by atoms with E-state index in [1.165, 1.54) is 42.5 Å². The molecule has 2 aliphatic rings. The SMILES string of the molecule is COc1cc(C(=O)OCCN2CCN(CCCN3c4ccccc4Sc4ccc(Cl)cc43)CC2)cc(OC)c1OC.O=C(O)/C=C/C(=O)O.O=C(O)/C=C/C(=O)O. The zero-order valence-corrected chi connectivity index (χ0v) is 33.0.